The highest BCUT2D eigenvalue weighted by Crippen LogP contribution is 2.35. The van der Waals surface area contributed by atoms with E-state index in [2.05, 4.69) is 95.6 Å². The fourth-order valence-corrected chi connectivity index (χ4v) is 3.45. The minimum atomic E-state index is 0.951. The highest BCUT2D eigenvalue weighted by atomic mass is 15.5. The Labute approximate surface area is 155 Å². The first-order valence-electron chi connectivity index (χ1n) is 8.93. The van der Waals surface area contributed by atoms with E-state index < -0.39 is 0 Å². The van der Waals surface area contributed by atoms with Crippen LogP contribution in [0.2, 0.25) is 0 Å². The number of hydrogen-bond donors (Lipinski definition) is 2. The quantitative estimate of drug-likeness (QED) is 0.771. The minimum Gasteiger partial charge on any atom is -0.302 e. The van der Waals surface area contributed by atoms with Crippen molar-refractivity contribution in [2.75, 3.05) is 24.1 Å². The van der Waals surface area contributed by atoms with Crippen molar-refractivity contribution in [3.63, 3.8) is 0 Å². The first-order valence-corrected chi connectivity index (χ1v) is 8.93. The number of hydrogen-bond acceptors (Lipinski definition) is 4. The molecule has 2 aliphatic carbocycles. The molecule has 0 heterocycles. The third-order valence-electron chi connectivity index (χ3n) is 4.78. The number of anilines is 2. The van der Waals surface area contributed by atoms with Crippen LogP contribution < -0.4 is 20.9 Å². The highest BCUT2D eigenvalue weighted by molar-refractivity contribution is 5.54. The van der Waals surface area contributed by atoms with Crippen LogP contribution in [0.4, 0.5) is 11.4 Å². The SMILES string of the molecule is CN(NC1=CC2=C(C=C(NN(C)c3ccccc3)C2)C1)c1ccccc1. The van der Waals surface area contributed by atoms with Gasteiger partial charge >= 0.3 is 0 Å². The molecule has 0 aliphatic heterocycles. The van der Waals surface area contributed by atoms with Gasteiger partial charge < -0.3 is 10.9 Å². The monoisotopic (exact) mass is 344 g/mol. The molecule has 2 aliphatic rings. The molecule has 2 aromatic carbocycles. The zero-order chi connectivity index (χ0) is 17.9. The second-order valence-electron chi connectivity index (χ2n) is 6.76. The summed E-state index contributed by atoms with van der Waals surface area (Å²) in [5.74, 6) is 0. The van der Waals surface area contributed by atoms with Gasteiger partial charge in [-0.25, -0.2) is 0 Å². The predicted molar refractivity (Wildman–Crippen MR) is 108 cm³/mol. The molecule has 4 nitrogen and oxygen atoms in total. The summed E-state index contributed by atoms with van der Waals surface area (Å²) in [7, 11) is 4.11. The molecule has 2 N–H and O–H groups in total. The summed E-state index contributed by atoms with van der Waals surface area (Å²) in [6, 6.07) is 20.7. The lowest BCUT2D eigenvalue weighted by molar-refractivity contribution is 0.758. The summed E-state index contributed by atoms with van der Waals surface area (Å²) in [6.45, 7) is 0. The van der Waals surface area contributed by atoms with E-state index in [-0.39, 0.29) is 0 Å². The van der Waals surface area contributed by atoms with Gasteiger partial charge in [0.15, 0.2) is 0 Å². The van der Waals surface area contributed by atoms with Gasteiger partial charge in [-0.3, -0.25) is 10.0 Å². The molecule has 0 atom stereocenters. The van der Waals surface area contributed by atoms with Crippen LogP contribution in [-0.2, 0) is 0 Å². The van der Waals surface area contributed by atoms with Crippen molar-refractivity contribution in [3.05, 3.63) is 95.4 Å². The maximum absolute atomic E-state index is 3.50. The molecular weight excluding hydrogens is 320 g/mol. The topological polar surface area (TPSA) is 30.5 Å². The number of benzene rings is 2. The Morgan fingerprint density at radius 2 is 1.00 bits per heavy atom. The Balaban J connectivity index is 1.33. The van der Waals surface area contributed by atoms with E-state index in [1.54, 1.807) is 0 Å². The van der Waals surface area contributed by atoms with Crippen molar-refractivity contribution in [3.8, 4) is 0 Å². The van der Waals surface area contributed by atoms with Crippen LogP contribution >= 0.6 is 0 Å². The standard InChI is InChI=1S/C22H24N4/c1-25(21-9-5-3-6-10-21)23-19-13-17-15-20(16-18(17)14-19)24-26(2)22-11-7-4-8-12-22/h3-13,16,23-24H,14-15H2,1-2H3. The van der Waals surface area contributed by atoms with Crippen LogP contribution in [0.1, 0.15) is 12.8 Å². The van der Waals surface area contributed by atoms with Crippen molar-refractivity contribution in [2.45, 2.75) is 12.8 Å². The third-order valence-corrected chi connectivity index (χ3v) is 4.78. The maximum atomic E-state index is 3.50. The number of rotatable bonds is 6. The Morgan fingerprint density at radius 3 is 1.38 bits per heavy atom. The van der Waals surface area contributed by atoms with Gasteiger partial charge in [0.25, 0.3) is 0 Å². The van der Waals surface area contributed by atoms with E-state index in [4.69, 9.17) is 0 Å². The normalized spacial score (nSPS) is 15.3. The molecule has 132 valence electrons. The minimum absolute atomic E-state index is 0.951. The first-order chi connectivity index (χ1) is 12.7. The molecule has 0 aromatic heterocycles. The zero-order valence-corrected chi connectivity index (χ0v) is 15.2. The van der Waals surface area contributed by atoms with Gasteiger partial charge in [-0.1, -0.05) is 36.4 Å². The lowest BCUT2D eigenvalue weighted by Crippen LogP contribution is -2.34. The van der Waals surface area contributed by atoms with Crippen molar-refractivity contribution in [1.29, 1.82) is 0 Å². The van der Waals surface area contributed by atoms with E-state index in [1.807, 2.05) is 12.1 Å². The van der Waals surface area contributed by atoms with E-state index in [9.17, 15) is 0 Å². The van der Waals surface area contributed by atoms with Crippen LogP contribution in [0, 0.1) is 0 Å². The smallest absolute Gasteiger partial charge is 0.0568 e. The maximum Gasteiger partial charge on any atom is 0.0568 e. The van der Waals surface area contributed by atoms with Crippen molar-refractivity contribution >= 4 is 11.4 Å². The lowest BCUT2D eigenvalue weighted by atomic mass is 10.2. The average Bonchev–Trinajstić information content (AvgIpc) is 3.21. The molecule has 0 radical (unpaired) electrons. The Morgan fingerprint density at radius 1 is 0.615 bits per heavy atom. The molecule has 4 heteroatoms. The molecule has 4 rings (SSSR count). The van der Waals surface area contributed by atoms with E-state index in [0.29, 0.717) is 0 Å². The second-order valence-corrected chi connectivity index (χ2v) is 6.76. The van der Waals surface area contributed by atoms with Gasteiger partial charge in [0.05, 0.1) is 11.4 Å². The molecule has 0 spiro atoms. The van der Waals surface area contributed by atoms with Crippen LogP contribution in [0.5, 0.6) is 0 Å². The molecule has 0 fully saturated rings. The van der Waals surface area contributed by atoms with Gasteiger partial charge in [-0.15, -0.1) is 0 Å². The van der Waals surface area contributed by atoms with Gasteiger partial charge in [0.1, 0.15) is 0 Å². The molecule has 0 saturated carbocycles. The molecule has 0 saturated heterocycles. The number of para-hydroxylation sites is 2. The van der Waals surface area contributed by atoms with E-state index in [1.165, 1.54) is 22.5 Å². The van der Waals surface area contributed by atoms with Crippen LogP contribution in [0.25, 0.3) is 0 Å². The summed E-state index contributed by atoms with van der Waals surface area (Å²) in [6.07, 6.45) is 6.46. The lowest BCUT2D eigenvalue weighted by Gasteiger charge is -2.24. The number of hydrazine groups is 2. The summed E-state index contributed by atoms with van der Waals surface area (Å²) in [5.41, 5.74) is 14.6. The van der Waals surface area contributed by atoms with Crippen LogP contribution in [0.3, 0.4) is 0 Å². The number of nitrogens with zero attached hydrogens (tertiary/aromatic N) is 2. The van der Waals surface area contributed by atoms with Crippen molar-refractivity contribution < 1.29 is 0 Å². The zero-order valence-electron chi connectivity index (χ0n) is 15.2. The predicted octanol–water partition coefficient (Wildman–Crippen LogP) is 4.14. The summed E-state index contributed by atoms with van der Waals surface area (Å²) >= 11 is 0. The highest BCUT2D eigenvalue weighted by Gasteiger charge is 2.22. The molecule has 2 aromatic rings. The molecule has 26 heavy (non-hydrogen) atoms. The summed E-state index contributed by atoms with van der Waals surface area (Å²) in [4.78, 5) is 0. The van der Waals surface area contributed by atoms with Crippen LogP contribution in [0.15, 0.2) is 95.4 Å². The molecular formula is C22H24N4. The Bertz CT molecular complexity index is 792. The summed E-state index contributed by atoms with van der Waals surface area (Å²) in [5, 5.41) is 4.14. The van der Waals surface area contributed by atoms with Crippen LogP contribution in [-0.4, -0.2) is 14.1 Å². The molecule has 0 bridgehead atoms. The fourth-order valence-electron chi connectivity index (χ4n) is 3.45. The van der Waals surface area contributed by atoms with Gasteiger partial charge in [0.2, 0.25) is 0 Å². The first kappa shape index (κ1) is 16.3. The Hall–Kier alpha value is -3.14. The summed E-state index contributed by atoms with van der Waals surface area (Å²) < 4.78 is 0. The van der Waals surface area contributed by atoms with Gasteiger partial charge in [-0.2, -0.15) is 0 Å². The second kappa shape index (κ2) is 7.00. The van der Waals surface area contributed by atoms with Crippen molar-refractivity contribution in [2.24, 2.45) is 0 Å². The van der Waals surface area contributed by atoms with E-state index >= 15 is 0 Å². The molecule has 0 amide bonds. The number of allylic oxidation sites excluding steroid dienone is 4. The van der Waals surface area contributed by atoms with E-state index in [0.717, 1.165) is 24.2 Å². The average molecular weight is 344 g/mol. The number of nitrogens with one attached hydrogen (secondary N) is 2. The Kier molecular flexibility index (Phi) is 4.40. The molecule has 0 unspecified atom stereocenters. The van der Waals surface area contributed by atoms with Gasteiger partial charge in [0, 0.05) is 38.3 Å². The largest absolute Gasteiger partial charge is 0.302 e. The van der Waals surface area contributed by atoms with Crippen molar-refractivity contribution in [1.82, 2.24) is 10.9 Å². The van der Waals surface area contributed by atoms with Gasteiger partial charge in [-0.05, 0) is 47.6 Å². The third kappa shape index (κ3) is 3.45. The fraction of sp³-hybridized carbons (Fsp3) is 0.182.